The van der Waals surface area contributed by atoms with Crippen LogP contribution in [0.1, 0.15) is 24.9 Å². The summed E-state index contributed by atoms with van der Waals surface area (Å²) in [6, 6.07) is 4.29. The van der Waals surface area contributed by atoms with Crippen LogP contribution in [0.5, 0.6) is 11.5 Å². The fraction of sp³-hybridized carbons (Fsp3) is 0.455. The molecule has 16 heavy (non-hydrogen) atoms. The van der Waals surface area contributed by atoms with Crippen molar-refractivity contribution in [3.05, 3.63) is 23.8 Å². The van der Waals surface area contributed by atoms with Gasteiger partial charge < -0.3 is 20.7 Å². The third-order valence-electron chi connectivity index (χ3n) is 2.43. The maximum Gasteiger partial charge on any atom is 0.124 e. The lowest BCUT2D eigenvalue weighted by Crippen LogP contribution is -2.25. The molecule has 0 bridgehead atoms. The molecule has 0 heterocycles. The van der Waals surface area contributed by atoms with Crippen molar-refractivity contribution in [2.75, 3.05) is 7.11 Å². The zero-order valence-electron chi connectivity index (χ0n) is 9.38. The van der Waals surface area contributed by atoms with Gasteiger partial charge in [0.2, 0.25) is 0 Å². The van der Waals surface area contributed by atoms with E-state index in [9.17, 15) is 10.2 Å². The van der Waals surface area contributed by atoms with Crippen LogP contribution in [0.15, 0.2) is 18.2 Å². The van der Waals surface area contributed by atoms with Crippen molar-refractivity contribution in [1.82, 2.24) is 0 Å². The molecule has 0 aliphatic heterocycles. The lowest BCUT2D eigenvalue weighted by atomic mass is 9.99. The lowest BCUT2D eigenvalue weighted by Gasteiger charge is -2.18. The number of ether oxygens (including phenoxy) is 1. The molecule has 0 aliphatic rings. The summed E-state index contributed by atoms with van der Waals surface area (Å²) in [7, 11) is 1.52. The van der Waals surface area contributed by atoms with Crippen LogP contribution in [0.4, 0.5) is 0 Å². The molecule has 0 aromatic heterocycles. The quantitative estimate of drug-likeness (QED) is 0.755. The number of halogens is 1. The predicted octanol–water partition coefficient (Wildman–Crippen LogP) is 1.59. The molecule has 2 atom stereocenters. The normalized spacial score (nSPS) is 13.8. The second-order valence-electron chi connectivity index (χ2n) is 3.43. The zero-order chi connectivity index (χ0) is 11.4. The number of hydrogen-bond acceptors (Lipinski definition) is 4. The van der Waals surface area contributed by atoms with E-state index >= 15 is 0 Å². The van der Waals surface area contributed by atoms with Crippen LogP contribution in [-0.2, 0) is 0 Å². The Morgan fingerprint density at radius 2 is 2.06 bits per heavy atom. The molecule has 0 radical (unpaired) electrons. The molecular weight excluding hydrogens is 230 g/mol. The molecule has 0 saturated heterocycles. The lowest BCUT2D eigenvalue weighted by molar-refractivity contribution is 0.139. The van der Waals surface area contributed by atoms with Crippen molar-refractivity contribution < 1.29 is 14.9 Å². The highest BCUT2D eigenvalue weighted by molar-refractivity contribution is 5.85. The average molecular weight is 248 g/mol. The summed E-state index contributed by atoms with van der Waals surface area (Å²) in [6.45, 7) is 1.84. The largest absolute Gasteiger partial charge is 0.507 e. The summed E-state index contributed by atoms with van der Waals surface area (Å²) >= 11 is 0. The number of aliphatic hydroxyl groups excluding tert-OH is 1. The van der Waals surface area contributed by atoms with E-state index in [1.807, 2.05) is 6.92 Å². The number of benzene rings is 1. The van der Waals surface area contributed by atoms with E-state index in [1.54, 1.807) is 12.1 Å². The average Bonchev–Trinajstić information content (AvgIpc) is 2.26. The number of methoxy groups -OCH3 is 1. The zero-order valence-corrected chi connectivity index (χ0v) is 10.2. The van der Waals surface area contributed by atoms with E-state index in [4.69, 9.17) is 10.5 Å². The van der Waals surface area contributed by atoms with Gasteiger partial charge in [-0.3, -0.25) is 0 Å². The van der Waals surface area contributed by atoms with Gasteiger partial charge in [0.25, 0.3) is 0 Å². The maximum absolute atomic E-state index is 9.67. The third kappa shape index (κ3) is 3.27. The number of aliphatic hydroxyl groups is 1. The highest BCUT2D eigenvalue weighted by Gasteiger charge is 2.18. The number of hydrogen-bond donors (Lipinski definition) is 3. The van der Waals surface area contributed by atoms with Crippen LogP contribution in [0.3, 0.4) is 0 Å². The summed E-state index contributed by atoms with van der Waals surface area (Å²) in [5.74, 6) is 0.615. The van der Waals surface area contributed by atoms with Crippen LogP contribution < -0.4 is 10.5 Å². The molecule has 1 aromatic carbocycles. The number of phenolic OH excluding ortho intramolecular Hbond substituents is 1. The van der Waals surface area contributed by atoms with Crippen molar-refractivity contribution >= 4 is 12.4 Å². The van der Waals surface area contributed by atoms with Crippen LogP contribution in [0, 0.1) is 0 Å². The number of rotatable bonds is 4. The first-order valence-corrected chi connectivity index (χ1v) is 4.90. The molecule has 0 amide bonds. The second kappa shape index (κ2) is 6.58. The van der Waals surface area contributed by atoms with Gasteiger partial charge in [0.05, 0.1) is 19.3 Å². The smallest absolute Gasteiger partial charge is 0.124 e. The Bertz CT molecular complexity index is 333. The van der Waals surface area contributed by atoms with Crippen LogP contribution in [-0.4, -0.2) is 23.4 Å². The van der Waals surface area contributed by atoms with Crippen LogP contribution in [0.2, 0.25) is 0 Å². The van der Waals surface area contributed by atoms with Crippen LogP contribution in [0.25, 0.3) is 0 Å². The molecule has 0 unspecified atom stereocenters. The topological polar surface area (TPSA) is 75.7 Å². The SMILES string of the molecule is CC[C@@H](O)[C@@H](N)c1ccc(OC)cc1O.Cl. The molecule has 0 saturated carbocycles. The molecule has 1 aromatic rings. The Morgan fingerprint density at radius 1 is 1.44 bits per heavy atom. The van der Waals surface area contributed by atoms with E-state index in [2.05, 4.69) is 0 Å². The van der Waals surface area contributed by atoms with E-state index in [-0.39, 0.29) is 18.2 Å². The molecule has 92 valence electrons. The fourth-order valence-corrected chi connectivity index (χ4v) is 1.39. The molecule has 4 nitrogen and oxygen atoms in total. The maximum atomic E-state index is 9.67. The van der Waals surface area contributed by atoms with Gasteiger partial charge in [-0.15, -0.1) is 12.4 Å². The summed E-state index contributed by atoms with van der Waals surface area (Å²) in [5.41, 5.74) is 6.32. The molecule has 1 rings (SSSR count). The van der Waals surface area contributed by atoms with Crippen molar-refractivity contribution in [2.24, 2.45) is 5.73 Å². The van der Waals surface area contributed by atoms with E-state index in [1.165, 1.54) is 13.2 Å². The first-order chi connectivity index (χ1) is 7.10. The third-order valence-corrected chi connectivity index (χ3v) is 2.43. The summed E-state index contributed by atoms with van der Waals surface area (Å²) in [4.78, 5) is 0. The minimum absolute atomic E-state index is 0. The Balaban J connectivity index is 0.00000225. The highest BCUT2D eigenvalue weighted by atomic mass is 35.5. The van der Waals surface area contributed by atoms with Gasteiger partial charge in [-0.25, -0.2) is 0 Å². The minimum atomic E-state index is -0.649. The second-order valence-corrected chi connectivity index (χ2v) is 3.43. The van der Waals surface area contributed by atoms with Crippen molar-refractivity contribution in [3.63, 3.8) is 0 Å². The summed E-state index contributed by atoms with van der Waals surface area (Å²) < 4.78 is 4.95. The molecule has 4 N–H and O–H groups in total. The molecule has 0 spiro atoms. The molecule has 0 fully saturated rings. The molecular formula is C11H18ClNO3. The van der Waals surface area contributed by atoms with Crippen molar-refractivity contribution in [3.8, 4) is 11.5 Å². The van der Waals surface area contributed by atoms with Gasteiger partial charge in [-0.1, -0.05) is 6.92 Å². The highest BCUT2D eigenvalue weighted by Crippen LogP contribution is 2.29. The van der Waals surface area contributed by atoms with Gasteiger partial charge in [-0.05, 0) is 18.6 Å². The predicted molar refractivity (Wildman–Crippen MR) is 65.1 cm³/mol. The van der Waals surface area contributed by atoms with Gasteiger partial charge in [0, 0.05) is 11.6 Å². The first kappa shape index (κ1) is 15.0. The Labute approximate surface area is 101 Å². The first-order valence-electron chi connectivity index (χ1n) is 4.90. The molecule has 0 aliphatic carbocycles. The Morgan fingerprint density at radius 3 is 2.50 bits per heavy atom. The standard InChI is InChI=1S/C11H17NO3.ClH/c1-3-9(13)11(12)8-5-4-7(15-2)6-10(8)14;/h4-6,9,11,13-14H,3,12H2,1-2H3;1H/t9-,11+;/m1./s1. The number of nitrogens with two attached hydrogens (primary N) is 1. The van der Waals surface area contributed by atoms with E-state index < -0.39 is 12.1 Å². The Kier molecular flexibility index (Phi) is 6.18. The number of phenols is 1. The van der Waals surface area contributed by atoms with Gasteiger partial charge in [0.15, 0.2) is 0 Å². The fourth-order valence-electron chi connectivity index (χ4n) is 1.39. The van der Waals surface area contributed by atoms with Crippen LogP contribution >= 0.6 is 12.4 Å². The Hall–Kier alpha value is -0.970. The summed E-state index contributed by atoms with van der Waals surface area (Å²) in [5, 5.41) is 19.2. The summed E-state index contributed by atoms with van der Waals surface area (Å²) in [6.07, 6.45) is -0.101. The van der Waals surface area contributed by atoms with Crippen molar-refractivity contribution in [2.45, 2.75) is 25.5 Å². The van der Waals surface area contributed by atoms with Gasteiger partial charge in [-0.2, -0.15) is 0 Å². The monoisotopic (exact) mass is 247 g/mol. The molecule has 5 heteroatoms. The van der Waals surface area contributed by atoms with Gasteiger partial charge in [0.1, 0.15) is 11.5 Å². The van der Waals surface area contributed by atoms with E-state index in [0.717, 1.165) is 0 Å². The van der Waals surface area contributed by atoms with Gasteiger partial charge >= 0.3 is 0 Å². The minimum Gasteiger partial charge on any atom is -0.507 e. The number of aromatic hydroxyl groups is 1. The van der Waals surface area contributed by atoms with Crippen molar-refractivity contribution in [1.29, 1.82) is 0 Å². The van der Waals surface area contributed by atoms with E-state index in [0.29, 0.717) is 17.7 Å².